The molecule has 0 aliphatic heterocycles. The molecule has 0 amide bonds. The van der Waals surface area contributed by atoms with Gasteiger partial charge < -0.3 is 5.32 Å². The van der Waals surface area contributed by atoms with Crippen LogP contribution in [0.1, 0.15) is 68.2 Å². The number of hydrogen-bond acceptors (Lipinski definition) is 1. The molecule has 0 rings (SSSR count). The van der Waals surface area contributed by atoms with Crippen molar-refractivity contribution in [2.24, 2.45) is 10.8 Å². The first kappa shape index (κ1) is 18.4. The van der Waals surface area contributed by atoms with E-state index in [-0.39, 0.29) is 21.9 Å². The highest BCUT2D eigenvalue weighted by Gasteiger charge is 2.34. The fourth-order valence-electron chi connectivity index (χ4n) is 3.43. The summed E-state index contributed by atoms with van der Waals surface area (Å²) in [5.74, 6) is 0. The van der Waals surface area contributed by atoms with E-state index in [1.54, 1.807) is 0 Å². The third kappa shape index (κ3) is 7.57. The van der Waals surface area contributed by atoms with Crippen LogP contribution in [0.4, 0.5) is 0 Å². The normalized spacial score (nSPS) is 14.3. The lowest BCUT2D eigenvalue weighted by Gasteiger charge is -2.43. The van der Waals surface area contributed by atoms with E-state index in [0.717, 1.165) is 12.8 Å². The zero-order chi connectivity index (χ0) is 15.5. The van der Waals surface area contributed by atoms with Gasteiger partial charge in [0, 0.05) is 11.1 Å². The van der Waals surface area contributed by atoms with E-state index in [4.69, 9.17) is 0 Å². The van der Waals surface area contributed by atoms with Gasteiger partial charge in [-0.2, -0.15) is 0 Å². The van der Waals surface area contributed by atoms with Crippen LogP contribution in [-0.2, 0) is 0 Å². The molecule has 0 aromatic carbocycles. The molecule has 0 aliphatic carbocycles. The van der Waals surface area contributed by atoms with Crippen molar-refractivity contribution in [2.45, 2.75) is 79.3 Å². The van der Waals surface area contributed by atoms with Crippen molar-refractivity contribution >= 4 is 0 Å². The number of nitrogens with one attached hydrogen (secondary N) is 1. The summed E-state index contributed by atoms with van der Waals surface area (Å²) in [6.07, 6.45) is 6.25. The third-order valence-electron chi connectivity index (χ3n) is 3.58. The summed E-state index contributed by atoms with van der Waals surface area (Å²) in [5, 5.41) is 3.82. The molecule has 0 saturated carbocycles. The van der Waals surface area contributed by atoms with Gasteiger partial charge in [0.05, 0.1) is 0 Å². The molecule has 0 aromatic rings. The van der Waals surface area contributed by atoms with Gasteiger partial charge in [-0.25, -0.2) is 0 Å². The van der Waals surface area contributed by atoms with Crippen molar-refractivity contribution in [3.8, 4) is 0 Å². The Morgan fingerprint density at radius 2 is 0.947 bits per heavy atom. The van der Waals surface area contributed by atoms with Gasteiger partial charge in [0.2, 0.25) is 0 Å². The summed E-state index contributed by atoms with van der Waals surface area (Å²) in [6.45, 7) is 26.0. The van der Waals surface area contributed by atoms with Crippen molar-refractivity contribution in [1.29, 1.82) is 0 Å². The Morgan fingerprint density at radius 1 is 0.684 bits per heavy atom. The fraction of sp³-hybridized carbons (Fsp3) is 0.778. The smallest absolute Gasteiger partial charge is 0.0138 e. The lowest BCUT2D eigenvalue weighted by Crippen LogP contribution is -2.54. The molecule has 0 bridgehead atoms. The first-order chi connectivity index (χ1) is 8.24. The van der Waals surface area contributed by atoms with E-state index in [1.165, 1.54) is 0 Å². The van der Waals surface area contributed by atoms with Gasteiger partial charge in [-0.3, -0.25) is 0 Å². The Morgan fingerprint density at radius 3 is 1.16 bits per heavy atom. The van der Waals surface area contributed by atoms with Gasteiger partial charge in [0.15, 0.2) is 0 Å². The topological polar surface area (TPSA) is 12.0 Å². The van der Waals surface area contributed by atoms with E-state index in [2.05, 4.69) is 86.0 Å². The van der Waals surface area contributed by atoms with Crippen LogP contribution >= 0.6 is 0 Å². The van der Waals surface area contributed by atoms with E-state index in [1.807, 2.05) is 0 Å². The molecule has 0 saturated heterocycles. The molecule has 112 valence electrons. The van der Waals surface area contributed by atoms with Crippen LogP contribution in [0.15, 0.2) is 25.3 Å². The van der Waals surface area contributed by atoms with Crippen molar-refractivity contribution in [3.05, 3.63) is 25.3 Å². The van der Waals surface area contributed by atoms with Crippen LogP contribution < -0.4 is 5.32 Å². The van der Waals surface area contributed by atoms with Crippen molar-refractivity contribution in [3.63, 3.8) is 0 Å². The van der Waals surface area contributed by atoms with E-state index in [9.17, 15) is 0 Å². The maximum atomic E-state index is 3.94. The Hall–Kier alpha value is -0.560. The lowest BCUT2D eigenvalue weighted by atomic mass is 9.76. The molecule has 0 fully saturated rings. The Labute approximate surface area is 121 Å². The summed E-state index contributed by atoms with van der Waals surface area (Å²) >= 11 is 0. The van der Waals surface area contributed by atoms with E-state index >= 15 is 0 Å². The SMILES string of the molecule is C=CC(C)(C)CC(C)(C)NC(C)(C)CC(C)(C)C=C. The minimum absolute atomic E-state index is 0.0818. The second kappa shape index (κ2) is 5.83. The van der Waals surface area contributed by atoms with Crippen LogP contribution in [0.5, 0.6) is 0 Å². The minimum atomic E-state index is 0.0818. The number of allylic oxidation sites excluding steroid dienone is 2. The summed E-state index contributed by atoms with van der Waals surface area (Å²) in [7, 11) is 0. The van der Waals surface area contributed by atoms with Gasteiger partial charge >= 0.3 is 0 Å². The monoisotopic (exact) mass is 265 g/mol. The molecule has 1 nitrogen and oxygen atoms in total. The molecule has 0 unspecified atom stereocenters. The van der Waals surface area contributed by atoms with Crippen LogP contribution in [0.2, 0.25) is 0 Å². The molecular formula is C18H35N. The summed E-state index contributed by atoms with van der Waals surface area (Å²) in [6, 6.07) is 0. The summed E-state index contributed by atoms with van der Waals surface area (Å²) in [4.78, 5) is 0. The highest BCUT2D eigenvalue weighted by molar-refractivity contribution is 5.00. The quantitative estimate of drug-likeness (QED) is 0.584. The molecule has 1 heteroatoms. The van der Waals surface area contributed by atoms with Crippen molar-refractivity contribution in [1.82, 2.24) is 5.32 Å². The zero-order valence-corrected chi connectivity index (χ0v) is 14.5. The van der Waals surface area contributed by atoms with Gasteiger partial charge in [-0.15, -0.1) is 13.2 Å². The third-order valence-corrected chi connectivity index (χ3v) is 3.58. The minimum Gasteiger partial charge on any atom is -0.307 e. The predicted octanol–water partition coefficient (Wildman–Crippen LogP) is 5.34. The molecule has 19 heavy (non-hydrogen) atoms. The first-order valence-corrected chi connectivity index (χ1v) is 7.31. The number of hydrogen-bond donors (Lipinski definition) is 1. The molecule has 0 aromatic heterocycles. The largest absolute Gasteiger partial charge is 0.307 e. The number of rotatable bonds is 8. The van der Waals surface area contributed by atoms with Crippen LogP contribution in [0, 0.1) is 10.8 Å². The standard InChI is InChI=1S/C18H35N/c1-11-15(3,4)13-17(7,8)19-18(9,10)14-16(5,6)12-2/h11-12,19H,1-2,13-14H2,3-10H3. The van der Waals surface area contributed by atoms with Gasteiger partial charge in [0.1, 0.15) is 0 Å². The first-order valence-electron chi connectivity index (χ1n) is 7.31. The maximum Gasteiger partial charge on any atom is 0.0138 e. The molecule has 0 spiro atoms. The predicted molar refractivity (Wildman–Crippen MR) is 88.5 cm³/mol. The molecule has 0 atom stereocenters. The summed E-state index contributed by atoms with van der Waals surface area (Å²) < 4.78 is 0. The highest BCUT2D eigenvalue weighted by atomic mass is 15.0. The molecule has 0 heterocycles. The van der Waals surface area contributed by atoms with Gasteiger partial charge in [-0.1, -0.05) is 39.8 Å². The van der Waals surface area contributed by atoms with Crippen LogP contribution in [0.25, 0.3) is 0 Å². The average molecular weight is 265 g/mol. The van der Waals surface area contributed by atoms with Gasteiger partial charge in [-0.05, 0) is 51.4 Å². The average Bonchev–Trinajstić information content (AvgIpc) is 2.12. The summed E-state index contributed by atoms with van der Waals surface area (Å²) in [5.41, 5.74) is 0.470. The maximum absolute atomic E-state index is 3.94. The molecule has 1 N–H and O–H groups in total. The van der Waals surface area contributed by atoms with Crippen molar-refractivity contribution < 1.29 is 0 Å². The van der Waals surface area contributed by atoms with Crippen LogP contribution in [0.3, 0.4) is 0 Å². The molecular weight excluding hydrogens is 230 g/mol. The Bertz CT molecular complexity index is 287. The van der Waals surface area contributed by atoms with Crippen molar-refractivity contribution in [2.75, 3.05) is 0 Å². The second-order valence-corrected chi connectivity index (χ2v) is 8.63. The Kier molecular flexibility index (Phi) is 5.66. The second-order valence-electron chi connectivity index (χ2n) is 8.63. The van der Waals surface area contributed by atoms with Crippen LogP contribution in [-0.4, -0.2) is 11.1 Å². The lowest BCUT2D eigenvalue weighted by molar-refractivity contribution is 0.172. The highest BCUT2D eigenvalue weighted by Crippen LogP contribution is 2.34. The molecule has 0 radical (unpaired) electrons. The van der Waals surface area contributed by atoms with E-state index < -0.39 is 0 Å². The zero-order valence-electron chi connectivity index (χ0n) is 14.5. The van der Waals surface area contributed by atoms with E-state index in [0.29, 0.717) is 0 Å². The molecule has 0 aliphatic rings. The Balaban J connectivity index is 4.81. The fourth-order valence-corrected chi connectivity index (χ4v) is 3.43. The van der Waals surface area contributed by atoms with Gasteiger partial charge in [0.25, 0.3) is 0 Å².